The predicted octanol–water partition coefficient (Wildman–Crippen LogP) is 8.14. The lowest BCUT2D eigenvalue weighted by Crippen LogP contribution is -2.68. The van der Waals surface area contributed by atoms with Crippen molar-refractivity contribution in [2.75, 3.05) is 0 Å². The number of ketones is 1. The van der Waals surface area contributed by atoms with E-state index in [2.05, 4.69) is 132 Å². The first-order valence-electron chi connectivity index (χ1n) is 15.7. The van der Waals surface area contributed by atoms with Gasteiger partial charge in [0.2, 0.25) is 0 Å². The molecule has 2 N–H and O–H groups in total. The SMILES string of the molecule is CC12C(=O)C(C(c3ccccc3)NC1c1ccccc1)C(c1ccccc1)N(C(=S)NCc1ccccc1)C2c1ccccc1. The molecular formula is C40H37N3OS. The Kier molecular flexibility index (Phi) is 8.05. The van der Waals surface area contributed by atoms with Crippen molar-refractivity contribution in [1.29, 1.82) is 0 Å². The number of nitrogens with one attached hydrogen (secondary N) is 2. The molecule has 0 spiro atoms. The first-order chi connectivity index (χ1) is 22.1. The van der Waals surface area contributed by atoms with Gasteiger partial charge in [0.05, 0.1) is 23.4 Å². The largest absolute Gasteiger partial charge is 0.358 e. The number of thiocarbonyl (C=S) groups is 1. The van der Waals surface area contributed by atoms with Gasteiger partial charge in [0.1, 0.15) is 5.78 Å². The number of hydrogen-bond donors (Lipinski definition) is 2. The van der Waals surface area contributed by atoms with E-state index in [9.17, 15) is 0 Å². The van der Waals surface area contributed by atoms with Crippen molar-refractivity contribution in [2.45, 2.75) is 37.6 Å². The van der Waals surface area contributed by atoms with E-state index in [-0.39, 0.29) is 30.0 Å². The van der Waals surface area contributed by atoms with Gasteiger partial charge in [-0.05, 0) is 47.0 Å². The van der Waals surface area contributed by atoms with Crippen LogP contribution in [0, 0.1) is 11.3 Å². The summed E-state index contributed by atoms with van der Waals surface area (Å²) < 4.78 is 0. The average molecular weight is 608 g/mol. The maximum Gasteiger partial charge on any atom is 0.170 e. The third-order valence-corrected chi connectivity index (χ3v) is 10.0. The highest BCUT2D eigenvalue weighted by Crippen LogP contribution is 2.62. The molecule has 2 saturated heterocycles. The van der Waals surface area contributed by atoms with Crippen LogP contribution in [0.3, 0.4) is 0 Å². The summed E-state index contributed by atoms with van der Waals surface area (Å²) in [6.45, 7) is 2.75. The topological polar surface area (TPSA) is 44.4 Å². The molecule has 5 aromatic rings. The third kappa shape index (κ3) is 5.26. The smallest absolute Gasteiger partial charge is 0.170 e. The van der Waals surface area contributed by atoms with Crippen LogP contribution in [0.2, 0.25) is 0 Å². The van der Waals surface area contributed by atoms with E-state index in [1.54, 1.807) is 0 Å². The molecule has 2 bridgehead atoms. The maximum absolute atomic E-state index is 15.5. The second-order valence-corrected chi connectivity index (χ2v) is 12.7. The zero-order valence-corrected chi connectivity index (χ0v) is 26.1. The highest BCUT2D eigenvalue weighted by molar-refractivity contribution is 7.80. The number of Topliss-reactive ketones (excluding diaryl/α,β-unsaturated/α-hetero) is 1. The van der Waals surface area contributed by atoms with E-state index >= 15 is 4.79 Å². The first kappa shape index (κ1) is 29.1. The van der Waals surface area contributed by atoms with E-state index in [1.807, 2.05) is 42.5 Å². The molecule has 2 aliphatic heterocycles. The van der Waals surface area contributed by atoms with Crippen LogP contribution in [0.15, 0.2) is 152 Å². The Labute approximate surface area is 271 Å². The van der Waals surface area contributed by atoms with E-state index in [4.69, 9.17) is 12.2 Å². The van der Waals surface area contributed by atoms with E-state index < -0.39 is 11.3 Å². The molecule has 2 fully saturated rings. The summed E-state index contributed by atoms with van der Waals surface area (Å²) in [5.74, 6) is -0.134. The molecule has 5 aromatic carbocycles. The van der Waals surface area contributed by atoms with Crippen LogP contribution in [0.4, 0.5) is 0 Å². The van der Waals surface area contributed by atoms with Crippen LogP contribution in [0.25, 0.3) is 0 Å². The lowest BCUT2D eigenvalue weighted by molar-refractivity contribution is -0.159. The number of nitrogens with zero attached hydrogens (tertiary/aromatic N) is 1. The highest BCUT2D eigenvalue weighted by atomic mass is 32.1. The molecule has 224 valence electrons. The van der Waals surface area contributed by atoms with Gasteiger partial charge in [0.25, 0.3) is 0 Å². The van der Waals surface area contributed by atoms with E-state index in [0.29, 0.717) is 11.7 Å². The Morgan fingerprint density at radius 2 is 1.16 bits per heavy atom. The zero-order chi connectivity index (χ0) is 30.8. The van der Waals surface area contributed by atoms with Gasteiger partial charge in [-0.15, -0.1) is 0 Å². The fourth-order valence-corrected chi connectivity index (χ4v) is 7.96. The Bertz CT molecular complexity index is 1750. The quantitative estimate of drug-likeness (QED) is 0.191. The molecule has 2 heterocycles. The third-order valence-electron chi connectivity index (χ3n) is 9.69. The van der Waals surface area contributed by atoms with Crippen LogP contribution in [-0.2, 0) is 11.3 Å². The number of carbonyl (C=O) groups excluding carboxylic acids is 1. The van der Waals surface area contributed by atoms with Crippen molar-refractivity contribution in [2.24, 2.45) is 11.3 Å². The number of likely N-dealkylation sites (tertiary alicyclic amines) is 1. The fraction of sp³-hybridized carbons (Fsp3) is 0.200. The van der Waals surface area contributed by atoms with Gasteiger partial charge in [0.15, 0.2) is 5.11 Å². The Morgan fingerprint density at radius 1 is 0.689 bits per heavy atom. The number of hydrogen-bond acceptors (Lipinski definition) is 3. The summed E-state index contributed by atoms with van der Waals surface area (Å²) in [6.07, 6.45) is 0. The van der Waals surface area contributed by atoms with E-state index in [0.717, 1.165) is 27.8 Å². The van der Waals surface area contributed by atoms with Gasteiger partial charge in [-0.3, -0.25) is 4.79 Å². The average Bonchev–Trinajstić information content (AvgIpc) is 3.10. The highest BCUT2D eigenvalue weighted by Gasteiger charge is 2.65. The monoisotopic (exact) mass is 607 g/mol. The second kappa shape index (κ2) is 12.4. The molecule has 5 heteroatoms. The van der Waals surface area contributed by atoms with Gasteiger partial charge < -0.3 is 15.5 Å². The van der Waals surface area contributed by atoms with Crippen molar-refractivity contribution in [3.63, 3.8) is 0 Å². The Hall–Kier alpha value is -4.58. The van der Waals surface area contributed by atoms with Gasteiger partial charge in [-0.25, -0.2) is 0 Å². The number of rotatable bonds is 6. The molecule has 0 aliphatic carbocycles. The number of fused-ring (bicyclic) bond motifs is 2. The minimum Gasteiger partial charge on any atom is -0.358 e. The molecule has 7 rings (SSSR count). The van der Waals surface area contributed by atoms with Crippen molar-refractivity contribution in [3.05, 3.63) is 179 Å². The number of carbonyl (C=O) groups is 1. The van der Waals surface area contributed by atoms with Gasteiger partial charge in [-0.2, -0.15) is 0 Å². The summed E-state index contributed by atoms with van der Waals surface area (Å²) in [5.41, 5.74) is 4.64. The Balaban J connectivity index is 1.46. The molecule has 4 nitrogen and oxygen atoms in total. The van der Waals surface area contributed by atoms with Crippen LogP contribution >= 0.6 is 12.2 Å². The van der Waals surface area contributed by atoms with Crippen molar-refractivity contribution < 1.29 is 4.79 Å². The molecule has 0 saturated carbocycles. The lowest BCUT2D eigenvalue weighted by atomic mass is 9.55. The predicted molar refractivity (Wildman–Crippen MR) is 184 cm³/mol. The molecule has 45 heavy (non-hydrogen) atoms. The normalized spacial score (nSPS) is 25.8. The molecular weight excluding hydrogens is 571 g/mol. The fourth-order valence-electron chi connectivity index (χ4n) is 7.67. The van der Waals surface area contributed by atoms with Gasteiger partial charge >= 0.3 is 0 Å². The zero-order valence-electron chi connectivity index (χ0n) is 25.3. The molecule has 2 aliphatic rings. The molecule has 0 aromatic heterocycles. The van der Waals surface area contributed by atoms with Gasteiger partial charge in [-0.1, -0.05) is 152 Å². The van der Waals surface area contributed by atoms with Crippen LogP contribution in [0.5, 0.6) is 0 Å². The molecule has 6 atom stereocenters. The van der Waals surface area contributed by atoms with E-state index in [1.165, 1.54) is 0 Å². The summed E-state index contributed by atoms with van der Waals surface area (Å²) in [7, 11) is 0. The first-order valence-corrected chi connectivity index (χ1v) is 16.1. The second-order valence-electron chi connectivity index (χ2n) is 12.3. The van der Waals surface area contributed by atoms with Crippen molar-refractivity contribution in [1.82, 2.24) is 15.5 Å². The van der Waals surface area contributed by atoms with Crippen LogP contribution in [-0.4, -0.2) is 15.8 Å². The van der Waals surface area contributed by atoms with Gasteiger partial charge in [0, 0.05) is 18.6 Å². The Morgan fingerprint density at radius 3 is 1.71 bits per heavy atom. The maximum atomic E-state index is 15.5. The number of benzene rings is 5. The van der Waals surface area contributed by atoms with Crippen molar-refractivity contribution in [3.8, 4) is 0 Å². The minimum atomic E-state index is -0.845. The summed E-state index contributed by atoms with van der Waals surface area (Å²) in [6, 6.07) is 50.9. The lowest BCUT2D eigenvalue weighted by Gasteiger charge is -2.62. The summed E-state index contributed by atoms with van der Waals surface area (Å²) in [4.78, 5) is 17.8. The standard InChI is InChI=1S/C40H37N3OS/c1-40-36(31-23-13-5-14-24-31)42-34(29-19-9-3-10-20-29)33(38(40)44)35(30-21-11-4-12-22-30)43(37(40)32-25-15-6-16-26-32)39(45)41-27-28-17-7-2-8-18-28/h2-26,33-37,42H,27H2,1H3,(H,41,45). The molecule has 0 radical (unpaired) electrons. The summed E-state index contributed by atoms with van der Waals surface area (Å²) in [5, 5.41) is 8.33. The van der Waals surface area contributed by atoms with Crippen molar-refractivity contribution >= 4 is 23.1 Å². The van der Waals surface area contributed by atoms with Crippen LogP contribution < -0.4 is 10.6 Å². The van der Waals surface area contributed by atoms with Crippen LogP contribution in [0.1, 0.15) is 58.9 Å². The molecule has 6 unspecified atom stereocenters. The summed E-state index contributed by atoms with van der Waals surface area (Å²) >= 11 is 6.39. The minimum absolute atomic E-state index is 0.224. The number of piperidine rings is 2. The molecule has 0 amide bonds.